The minimum Gasteiger partial charge on any atom is -0.369 e. The van der Waals surface area contributed by atoms with Crippen LogP contribution in [0.2, 0.25) is 0 Å². The molecule has 0 radical (unpaired) electrons. The second-order valence-electron chi connectivity index (χ2n) is 5.33. The number of nitrogens with one attached hydrogen (secondary N) is 1. The molecule has 1 aromatic rings. The Kier molecular flexibility index (Phi) is 3.87. The number of nitrogens with two attached hydrogens (primary N) is 1. The van der Waals surface area contributed by atoms with E-state index in [9.17, 15) is 9.59 Å². The van der Waals surface area contributed by atoms with E-state index in [1.807, 2.05) is 18.7 Å². The van der Waals surface area contributed by atoms with Crippen molar-refractivity contribution in [1.82, 2.24) is 9.97 Å². The molecule has 1 unspecified atom stereocenters. The molecule has 3 N–H and O–H groups in total. The number of amides is 1. The average molecular weight is 264 g/mol. The predicted molar refractivity (Wildman–Crippen MR) is 73.1 cm³/mol. The predicted octanol–water partition coefficient (Wildman–Crippen LogP) is 0.595. The van der Waals surface area contributed by atoms with Crippen molar-refractivity contribution >= 4 is 11.7 Å². The van der Waals surface area contributed by atoms with Gasteiger partial charge in [-0.15, -0.1) is 0 Å². The molecule has 2 rings (SSSR count). The van der Waals surface area contributed by atoms with Gasteiger partial charge in [-0.2, -0.15) is 0 Å². The molecule has 0 aliphatic carbocycles. The Morgan fingerprint density at radius 3 is 2.95 bits per heavy atom. The number of carbonyl (C=O) groups excluding carboxylic acids is 1. The summed E-state index contributed by atoms with van der Waals surface area (Å²) in [7, 11) is 0. The van der Waals surface area contributed by atoms with Gasteiger partial charge in [-0.3, -0.25) is 9.59 Å². The van der Waals surface area contributed by atoms with Crippen LogP contribution in [-0.2, 0) is 4.79 Å². The molecule has 19 heavy (non-hydrogen) atoms. The highest BCUT2D eigenvalue weighted by Crippen LogP contribution is 2.21. The van der Waals surface area contributed by atoms with Gasteiger partial charge >= 0.3 is 0 Å². The maximum Gasteiger partial charge on any atom is 0.252 e. The van der Waals surface area contributed by atoms with E-state index in [-0.39, 0.29) is 23.3 Å². The summed E-state index contributed by atoms with van der Waals surface area (Å²) in [6.45, 7) is 5.30. The Labute approximate surface area is 112 Å². The number of aromatic nitrogens is 2. The highest BCUT2D eigenvalue weighted by molar-refractivity contribution is 5.77. The van der Waals surface area contributed by atoms with Gasteiger partial charge < -0.3 is 15.6 Å². The first-order valence-corrected chi connectivity index (χ1v) is 6.63. The van der Waals surface area contributed by atoms with Gasteiger partial charge in [0.2, 0.25) is 5.91 Å². The number of H-pyrrole nitrogens is 1. The second-order valence-corrected chi connectivity index (χ2v) is 5.33. The number of nitrogens with zero attached hydrogens (tertiary/aromatic N) is 2. The van der Waals surface area contributed by atoms with E-state index in [0.717, 1.165) is 19.4 Å². The van der Waals surface area contributed by atoms with Crippen LogP contribution < -0.4 is 16.2 Å². The molecule has 1 saturated heterocycles. The number of primary amides is 1. The zero-order valence-corrected chi connectivity index (χ0v) is 11.3. The zero-order valence-electron chi connectivity index (χ0n) is 11.3. The minimum absolute atomic E-state index is 0.155. The van der Waals surface area contributed by atoms with Crippen molar-refractivity contribution in [2.45, 2.75) is 32.6 Å². The molecule has 6 heteroatoms. The Bertz CT molecular complexity index is 524. The van der Waals surface area contributed by atoms with Gasteiger partial charge in [-0.1, -0.05) is 13.8 Å². The molecule has 1 aromatic heterocycles. The van der Waals surface area contributed by atoms with E-state index < -0.39 is 0 Å². The molecule has 2 heterocycles. The van der Waals surface area contributed by atoms with Crippen molar-refractivity contribution in [2.75, 3.05) is 18.0 Å². The topological polar surface area (TPSA) is 92.1 Å². The maximum atomic E-state index is 11.7. The van der Waals surface area contributed by atoms with Gasteiger partial charge in [-0.05, 0) is 12.8 Å². The van der Waals surface area contributed by atoms with Crippen molar-refractivity contribution in [1.29, 1.82) is 0 Å². The summed E-state index contributed by atoms with van der Waals surface area (Å²) in [5, 5.41) is 0. The normalized spacial score (nSPS) is 19.7. The first-order chi connectivity index (χ1) is 8.97. The lowest BCUT2D eigenvalue weighted by atomic mass is 9.97. The van der Waals surface area contributed by atoms with Crippen LogP contribution in [0.4, 0.5) is 5.82 Å². The molecule has 0 bridgehead atoms. The Balaban J connectivity index is 2.26. The van der Waals surface area contributed by atoms with Gasteiger partial charge in [0.25, 0.3) is 5.56 Å². The lowest BCUT2D eigenvalue weighted by molar-refractivity contribution is -0.122. The van der Waals surface area contributed by atoms with Crippen molar-refractivity contribution in [3.05, 3.63) is 22.2 Å². The Morgan fingerprint density at radius 2 is 2.32 bits per heavy atom. The quantitative estimate of drug-likeness (QED) is 0.836. The van der Waals surface area contributed by atoms with Crippen molar-refractivity contribution in [3.8, 4) is 0 Å². The molecule has 1 atom stereocenters. The van der Waals surface area contributed by atoms with Crippen molar-refractivity contribution < 1.29 is 4.79 Å². The third-order valence-corrected chi connectivity index (χ3v) is 3.44. The molecule has 0 saturated carbocycles. The molecular weight excluding hydrogens is 244 g/mol. The first kappa shape index (κ1) is 13.6. The lowest BCUT2D eigenvalue weighted by Crippen LogP contribution is -2.42. The van der Waals surface area contributed by atoms with Crippen LogP contribution in [0.1, 0.15) is 38.4 Å². The van der Waals surface area contributed by atoms with Crippen LogP contribution in [0, 0.1) is 5.92 Å². The fourth-order valence-corrected chi connectivity index (χ4v) is 2.32. The van der Waals surface area contributed by atoms with E-state index in [0.29, 0.717) is 18.2 Å². The van der Waals surface area contributed by atoms with Crippen LogP contribution >= 0.6 is 0 Å². The van der Waals surface area contributed by atoms with E-state index >= 15 is 0 Å². The molecule has 1 fully saturated rings. The van der Waals surface area contributed by atoms with Gasteiger partial charge in [0.15, 0.2) is 0 Å². The van der Waals surface area contributed by atoms with Crippen LogP contribution in [0.25, 0.3) is 0 Å². The van der Waals surface area contributed by atoms with Crippen LogP contribution in [0.15, 0.2) is 10.9 Å². The van der Waals surface area contributed by atoms with Crippen molar-refractivity contribution in [3.63, 3.8) is 0 Å². The van der Waals surface area contributed by atoms with Gasteiger partial charge in [0.1, 0.15) is 11.6 Å². The third-order valence-electron chi connectivity index (χ3n) is 3.44. The lowest BCUT2D eigenvalue weighted by Gasteiger charge is -2.32. The summed E-state index contributed by atoms with van der Waals surface area (Å²) in [5.41, 5.74) is 5.20. The standard InChI is InChI=1S/C13H20N4O2/c1-8(2)13-15-10(6-11(18)16-13)17-5-3-4-9(7-17)12(14)19/h6,8-9H,3-5,7H2,1-2H3,(H2,14,19)(H,15,16,18). The summed E-state index contributed by atoms with van der Waals surface area (Å²) in [4.78, 5) is 32.1. The summed E-state index contributed by atoms with van der Waals surface area (Å²) in [5.74, 6) is 1.03. The van der Waals surface area contributed by atoms with Gasteiger partial charge in [0.05, 0.1) is 5.92 Å². The van der Waals surface area contributed by atoms with E-state index in [1.165, 1.54) is 6.07 Å². The number of rotatable bonds is 3. The van der Waals surface area contributed by atoms with E-state index in [4.69, 9.17) is 5.73 Å². The summed E-state index contributed by atoms with van der Waals surface area (Å²) in [6, 6.07) is 1.48. The largest absolute Gasteiger partial charge is 0.369 e. The smallest absolute Gasteiger partial charge is 0.252 e. The van der Waals surface area contributed by atoms with E-state index in [1.54, 1.807) is 0 Å². The Morgan fingerprint density at radius 1 is 1.58 bits per heavy atom. The minimum atomic E-state index is -0.279. The molecular formula is C13H20N4O2. The van der Waals surface area contributed by atoms with Crippen LogP contribution in [-0.4, -0.2) is 29.0 Å². The van der Waals surface area contributed by atoms with Gasteiger partial charge in [-0.25, -0.2) is 4.98 Å². The number of aromatic amines is 1. The number of hydrogen-bond acceptors (Lipinski definition) is 4. The number of anilines is 1. The number of piperidine rings is 1. The van der Waals surface area contributed by atoms with E-state index in [2.05, 4.69) is 9.97 Å². The summed E-state index contributed by atoms with van der Waals surface area (Å²) < 4.78 is 0. The van der Waals surface area contributed by atoms with Gasteiger partial charge in [0, 0.05) is 25.1 Å². The molecule has 1 aliphatic rings. The van der Waals surface area contributed by atoms with Crippen molar-refractivity contribution in [2.24, 2.45) is 11.7 Å². The fourth-order valence-electron chi connectivity index (χ4n) is 2.32. The van der Waals surface area contributed by atoms with Crippen LogP contribution in [0.5, 0.6) is 0 Å². The zero-order chi connectivity index (χ0) is 14.0. The second kappa shape index (κ2) is 5.42. The SMILES string of the molecule is CC(C)c1nc(N2CCCC(C(N)=O)C2)cc(=O)[nH]1. The molecule has 1 amide bonds. The number of carbonyl (C=O) groups is 1. The number of hydrogen-bond donors (Lipinski definition) is 2. The molecule has 0 aromatic carbocycles. The summed E-state index contributed by atoms with van der Waals surface area (Å²) >= 11 is 0. The van der Waals surface area contributed by atoms with Crippen LogP contribution in [0.3, 0.4) is 0 Å². The first-order valence-electron chi connectivity index (χ1n) is 6.63. The molecule has 6 nitrogen and oxygen atoms in total. The maximum absolute atomic E-state index is 11.7. The monoisotopic (exact) mass is 264 g/mol. The third kappa shape index (κ3) is 3.13. The molecule has 0 spiro atoms. The summed E-state index contributed by atoms with van der Waals surface area (Å²) in [6.07, 6.45) is 1.70. The fraction of sp³-hybridized carbons (Fsp3) is 0.615. The molecule has 1 aliphatic heterocycles. The molecule has 104 valence electrons. The highest BCUT2D eigenvalue weighted by atomic mass is 16.1. The highest BCUT2D eigenvalue weighted by Gasteiger charge is 2.25. The average Bonchev–Trinajstić information content (AvgIpc) is 2.38. The Hall–Kier alpha value is -1.85.